The maximum atomic E-state index is 8.12. The largest absolute Gasteiger partial charge is 0.388 e. The maximum Gasteiger partial charge on any atom is 0.292 e. The minimum absolute atomic E-state index is 0.197. The molecule has 11 heavy (non-hydrogen) atoms. The summed E-state index contributed by atoms with van der Waals surface area (Å²) in [5.41, 5.74) is 0. The molecule has 0 aromatic carbocycles. The third-order valence-corrected chi connectivity index (χ3v) is 1.29. The molecule has 0 bridgehead atoms. The van der Waals surface area contributed by atoms with E-state index in [1.807, 2.05) is 0 Å². The molecule has 0 atom stereocenters. The number of rotatable bonds is 1. The zero-order valence-corrected chi connectivity index (χ0v) is 6.73. The highest BCUT2D eigenvalue weighted by Gasteiger charge is 1.98. The van der Waals surface area contributed by atoms with Crippen molar-refractivity contribution in [1.29, 1.82) is 5.26 Å². The summed E-state index contributed by atoms with van der Waals surface area (Å²) in [5.74, 6) is 0.289. The maximum absolute atomic E-state index is 8.12. The van der Waals surface area contributed by atoms with E-state index in [4.69, 9.17) is 28.5 Å². The molecule has 0 N–H and O–H groups in total. The third kappa shape index (κ3) is 2.26. The molecule has 1 rings (SSSR count). The lowest BCUT2D eigenvalue weighted by Gasteiger charge is -1.95. The van der Waals surface area contributed by atoms with Crippen LogP contribution in [0.1, 0.15) is 0 Å². The van der Waals surface area contributed by atoms with Crippen molar-refractivity contribution < 1.29 is 4.74 Å². The summed E-state index contributed by atoms with van der Waals surface area (Å²) in [6.45, 7) is 0. The Hall–Kier alpha value is -0.980. The number of nitriles is 1. The average Bonchev–Trinajstić information content (AvgIpc) is 1.85. The monoisotopic (exact) mass is 188 g/mol. The van der Waals surface area contributed by atoms with Crippen LogP contribution in [0, 0.1) is 11.5 Å². The van der Waals surface area contributed by atoms with Crippen molar-refractivity contribution in [2.45, 2.75) is 0 Å². The van der Waals surface area contributed by atoms with E-state index in [0.717, 1.165) is 0 Å². The van der Waals surface area contributed by atoms with E-state index >= 15 is 0 Å². The van der Waals surface area contributed by atoms with Gasteiger partial charge in [0.1, 0.15) is 16.1 Å². The third-order valence-electron chi connectivity index (χ3n) is 0.900. The number of halogens is 2. The van der Waals surface area contributed by atoms with Gasteiger partial charge in [0.05, 0.1) is 0 Å². The molecule has 0 unspecified atom stereocenters. The van der Waals surface area contributed by atoms with Crippen molar-refractivity contribution >= 4 is 23.2 Å². The van der Waals surface area contributed by atoms with E-state index in [0.29, 0.717) is 0 Å². The molecule has 0 aliphatic rings. The van der Waals surface area contributed by atoms with Crippen molar-refractivity contribution in [3.63, 3.8) is 0 Å². The molecule has 5 heteroatoms. The SMILES string of the molecule is N#COc1cc(Cl)nc(Cl)c1. The second-order valence-electron chi connectivity index (χ2n) is 1.64. The molecule has 3 nitrogen and oxygen atoms in total. The molecule has 0 amide bonds. The number of ether oxygens (including phenoxy) is 1. The predicted octanol–water partition coefficient (Wildman–Crippen LogP) is 2.25. The Bertz CT molecular complexity index is 288. The first kappa shape index (κ1) is 8.12. The van der Waals surface area contributed by atoms with E-state index in [1.54, 1.807) is 0 Å². The van der Waals surface area contributed by atoms with E-state index in [1.165, 1.54) is 18.4 Å². The van der Waals surface area contributed by atoms with Crippen LogP contribution < -0.4 is 4.74 Å². The van der Waals surface area contributed by atoms with Gasteiger partial charge < -0.3 is 4.74 Å². The molecule has 56 valence electrons. The molecule has 1 heterocycles. The molecule has 0 saturated carbocycles. The summed E-state index contributed by atoms with van der Waals surface area (Å²) in [5, 5.41) is 8.52. The van der Waals surface area contributed by atoms with Gasteiger partial charge in [-0.15, -0.1) is 5.26 Å². The second kappa shape index (κ2) is 3.42. The molecular formula is C6H2Cl2N2O. The molecule has 0 spiro atoms. The van der Waals surface area contributed by atoms with Crippen LogP contribution in [0.3, 0.4) is 0 Å². The van der Waals surface area contributed by atoms with Crippen LogP contribution in [0.25, 0.3) is 0 Å². The van der Waals surface area contributed by atoms with Gasteiger partial charge >= 0.3 is 0 Å². The second-order valence-corrected chi connectivity index (χ2v) is 2.42. The lowest BCUT2D eigenvalue weighted by Crippen LogP contribution is -1.83. The average molecular weight is 189 g/mol. The first-order valence-electron chi connectivity index (χ1n) is 2.61. The summed E-state index contributed by atoms with van der Waals surface area (Å²) >= 11 is 11.0. The zero-order chi connectivity index (χ0) is 8.27. The smallest absolute Gasteiger partial charge is 0.292 e. The number of hydrogen-bond acceptors (Lipinski definition) is 3. The van der Waals surface area contributed by atoms with Crippen LogP contribution in [0.4, 0.5) is 0 Å². The van der Waals surface area contributed by atoms with Gasteiger partial charge in [0.15, 0.2) is 0 Å². The highest BCUT2D eigenvalue weighted by molar-refractivity contribution is 6.32. The Morgan fingerprint density at radius 3 is 2.36 bits per heavy atom. The quantitative estimate of drug-likeness (QED) is 0.502. The van der Waals surface area contributed by atoms with Crippen LogP contribution in [0.2, 0.25) is 10.3 Å². The normalized spacial score (nSPS) is 8.82. The van der Waals surface area contributed by atoms with Gasteiger partial charge in [0.25, 0.3) is 6.26 Å². The Labute approximate surface area is 73.1 Å². The van der Waals surface area contributed by atoms with E-state index in [9.17, 15) is 0 Å². The molecular weight excluding hydrogens is 187 g/mol. The lowest BCUT2D eigenvalue weighted by atomic mass is 10.4. The van der Waals surface area contributed by atoms with Crippen molar-refractivity contribution in [1.82, 2.24) is 4.98 Å². The number of pyridine rings is 1. The van der Waals surface area contributed by atoms with Gasteiger partial charge in [-0.1, -0.05) is 23.2 Å². The van der Waals surface area contributed by atoms with Gasteiger partial charge in [-0.2, -0.15) is 0 Å². The standard InChI is InChI=1S/C6H2Cl2N2O/c7-5-1-4(11-3-9)2-6(8)10-5/h1-2H. The van der Waals surface area contributed by atoms with Crippen LogP contribution >= 0.6 is 23.2 Å². The van der Waals surface area contributed by atoms with E-state index in [-0.39, 0.29) is 16.1 Å². The first-order valence-corrected chi connectivity index (χ1v) is 3.37. The van der Waals surface area contributed by atoms with Gasteiger partial charge in [-0.05, 0) is 0 Å². The summed E-state index contributed by atoms with van der Waals surface area (Å²) in [6, 6.07) is 2.80. The summed E-state index contributed by atoms with van der Waals surface area (Å²) in [6.07, 6.45) is 1.49. The minimum atomic E-state index is 0.197. The van der Waals surface area contributed by atoms with Crippen molar-refractivity contribution in [2.75, 3.05) is 0 Å². The fourth-order valence-corrected chi connectivity index (χ4v) is 0.995. The predicted molar refractivity (Wildman–Crippen MR) is 40.5 cm³/mol. The Balaban J connectivity index is 3.01. The number of nitrogens with zero attached hydrogens (tertiary/aromatic N) is 2. The molecule has 0 radical (unpaired) electrons. The van der Waals surface area contributed by atoms with Crippen molar-refractivity contribution in [2.24, 2.45) is 0 Å². The van der Waals surface area contributed by atoms with Gasteiger partial charge in [0.2, 0.25) is 0 Å². The Kier molecular flexibility index (Phi) is 2.53. The van der Waals surface area contributed by atoms with E-state index in [2.05, 4.69) is 9.72 Å². The van der Waals surface area contributed by atoms with Gasteiger partial charge in [-0.3, -0.25) is 0 Å². The lowest BCUT2D eigenvalue weighted by molar-refractivity contribution is 0.506. The Morgan fingerprint density at radius 2 is 1.91 bits per heavy atom. The highest BCUT2D eigenvalue weighted by atomic mass is 35.5. The van der Waals surface area contributed by atoms with Crippen LogP contribution in [-0.2, 0) is 0 Å². The van der Waals surface area contributed by atoms with Gasteiger partial charge in [-0.25, -0.2) is 4.98 Å². The van der Waals surface area contributed by atoms with Crippen LogP contribution in [0.15, 0.2) is 12.1 Å². The summed E-state index contributed by atoms with van der Waals surface area (Å²) < 4.78 is 4.46. The topological polar surface area (TPSA) is 45.9 Å². The molecule has 0 fully saturated rings. The van der Waals surface area contributed by atoms with Crippen LogP contribution in [-0.4, -0.2) is 4.98 Å². The molecule has 0 saturated heterocycles. The molecule has 0 aliphatic carbocycles. The van der Waals surface area contributed by atoms with Crippen molar-refractivity contribution in [3.05, 3.63) is 22.4 Å². The molecule has 1 aromatic rings. The molecule has 0 aliphatic heterocycles. The first-order chi connectivity index (χ1) is 5.22. The highest BCUT2D eigenvalue weighted by Crippen LogP contribution is 2.19. The van der Waals surface area contributed by atoms with E-state index < -0.39 is 0 Å². The van der Waals surface area contributed by atoms with Crippen molar-refractivity contribution in [3.8, 4) is 12.0 Å². The van der Waals surface area contributed by atoms with Crippen LogP contribution in [0.5, 0.6) is 5.75 Å². The summed E-state index contributed by atoms with van der Waals surface area (Å²) in [4.78, 5) is 3.66. The fourth-order valence-electron chi connectivity index (χ4n) is 0.555. The summed E-state index contributed by atoms with van der Waals surface area (Å²) in [7, 11) is 0. The number of aromatic nitrogens is 1. The zero-order valence-electron chi connectivity index (χ0n) is 5.21. The van der Waals surface area contributed by atoms with Gasteiger partial charge in [0, 0.05) is 12.1 Å². The minimum Gasteiger partial charge on any atom is -0.388 e. The Morgan fingerprint density at radius 1 is 1.36 bits per heavy atom. The fraction of sp³-hybridized carbons (Fsp3) is 0. The number of hydrogen-bond donors (Lipinski definition) is 0. The molecule has 1 aromatic heterocycles.